The quantitative estimate of drug-likeness (QED) is 0.710. The third kappa shape index (κ3) is 1.68. The van der Waals surface area contributed by atoms with E-state index in [1.807, 2.05) is 0 Å². The van der Waals surface area contributed by atoms with Crippen molar-refractivity contribution < 1.29 is 13.2 Å². The Morgan fingerprint density at radius 2 is 2.06 bits per heavy atom. The molecular formula is C13H10F3NS. The van der Waals surface area contributed by atoms with Gasteiger partial charge in [-0.1, -0.05) is 12.1 Å². The normalized spacial score (nSPS) is 15.1. The summed E-state index contributed by atoms with van der Waals surface area (Å²) in [5, 5.41) is 0.632. The number of alkyl halides is 3. The molecule has 0 radical (unpaired) electrons. The lowest BCUT2D eigenvalue weighted by molar-refractivity contribution is -0.136. The first-order valence-corrected chi connectivity index (χ1v) is 6.59. The van der Waals surface area contributed by atoms with Crippen LogP contribution >= 0.6 is 11.8 Å². The van der Waals surface area contributed by atoms with Gasteiger partial charge in [0.05, 0.1) is 11.1 Å². The van der Waals surface area contributed by atoms with Crippen LogP contribution in [0.3, 0.4) is 0 Å². The zero-order chi connectivity index (χ0) is 12.9. The van der Waals surface area contributed by atoms with Crippen molar-refractivity contribution in [2.45, 2.75) is 24.4 Å². The molecule has 0 bridgehead atoms. The molecule has 2 heterocycles. The van der Waals surface area contributed by atoms with Crippen molar-refractivity contribution in [3.05, 3.63) is 35.0 Å². The summed E-state index contributed by atoms with van der Waals surface area (Å²) in [6.45, 7) is 1.79. The predicted molar refractivity (Wildman–Crippen MR) is 65.9 cm³/mol. The molecule has 1 aromatic heterocycles. The lowest BCUT2D eigenvalue weighted by Gasteiger charge is -2.13. The molecule has 0 fully saturated rings. The minimum absolute atomic E-state index is 0.0793. The Bertz CT molecular complexity index is 634. The molecule has 0 saturated carbocycles. The fraction of sp³-hybridized carbons (Fsp3) is 0.308. The minimum Gasteiger partial charge on any atom is -0.252 e. The largest absolute Gasteiger partial charge is 0.418 e. The molecule has 0 N–H and O–H groups in total. The highest BCUT2D eigenvalue weighted by atomic mass is 32.2. The van der Waals surface area contributed by atoms with Crippen LogP contribution in [0.4, 0.5) is 13.2 Å². The van der Waals surface area contributed by atoms with Crippen molar-refractivity contribution >= 4 is 22.7 Å². The fourth-order valence-corrected chi connectivity index (χ4v) is 3.61. The van der Waals surface area contributed by atoms with Gasteiger partial charge >= 0.3 is 6.18 Å². The average Bonchev–Trinajstić information content (AvgIpc) is 2.77. The van der Waals surface area contributed by atoms with E-state index in [0.717, 1.165) is 34.4 Å². The second kappa shape index (κ2) is 3.88. The zero-order valence-corrected chi connectivity index (χ0v) is 10.5. The van der Waals surface area contributed by atoms with E-state index in [1.54, 1.807) is 24.8 Å². The molecule has 0 aliphatic carbocycles. The lowest BCUT2D eigenvalue weighted by atomic mass is 10.0. The van der Waals surface area contributed by atoms with Crippen LogP contribution in [-0.4, -0.2) is 10.7 Å². The molecule has 1 aromatic carbocycles. The number of benzene rings is 1. The van der Waals surface area contributed by atoms with E-state index >= 15 is 0 Å². The molecule has 0 spiro atoms. The summed E-state index contributed by atoms with van der Waals surface area (Å²) in [6, 6.07) is 4.29. The number of thioether (sulfide) groups is 1. The van der Waals surface area contributed by atoms with Gasteiger partial charge in [-0.3, -0.25) is 4.98 Å². The number of nitrogens with zero attached hydrogens (tertiary/aromatic N) is 1. The molecule has 0 unspecified atom stereocenters. The Hall–Kier alpha value is -1.23. The summed E-state index contributed by atoms with van der Waals surface area (Å²) in [7, 11) is 0. The number of para-hydroxylation sites is 1. The topological polar surface area (TPSA) is 12.9 Å². The molecule has 5 heteroatoms. The predicted octanol–water partition coefficient (Wildman–Crippen LogP) is 4.21. The monoisotopic (exact) mass is 269 g/mol. The van der Waals surface area contributed by atoms with Gasteiger partial charge in [0.15, 0.2) is 0 Å². The maximum atomic E-state index is 13.0. The van der Waals surface area contributed by atoms with Gasteiger partial charge < -0.3 is 0 Å². The Labute approximate surface area is 106 Å². The second-order valence-electron chi connectivity index (χ2n) is 4.30. The van der Waals surface area contributed by atoms with Gasteiger partial charge in [-0.05, 0) is 25.0 Å². The van der Waals surface area contributed by atoms with E-state index in [1.165, 1.54) is 6.07 Å². The minimum atomic E-state index is -4.35. The highest BCUT2D eigenvalue weighted by Crippen LogP contribution is 2.41. The van der Waals surface area contributed by atoms with E-state index in [2.05, 4.69) is 4.98 Å². The van der Waals surface area contributed by atoms with Crippen molar-refractivity contribution in [2.75, 3.05) is 5.75 Å². The molecule has 94 valence electrons. The lowest BCUT2D eigenvalue weighted by Crippen LogP contribution is -2.07. The smallest absolute Gasteiger partial charge is 0.252 e. The first kappa shape index (κ1) is 11.8. The average molecular weight is 269 g/mol. The van der Waals surface area contributed by atoms with Gasteiger partial charge in [-0.15, -0.1) is 11.8 Å². The van der Waals surface area contributed by atoms with E-state index in [9.17, 15) is 13.2 Å². The van der Waals surface area contributed by atoms with Crippen LogP contribution in [0.25, 0.3) is 10.9 Å². The first-order valence-electron chi connectivity index (χ1n) is 5.60. The molecular weight excluding hydrogens is 259 g/mol. The van der Waals surface area contributed by atoms with Crippen LogP contribution < -0.4 is 0 Å². The number of hydrogen-bond acceptors (Lipinski definition) is 2. The number of rotatable bonds is 0. The zero-order valence-electron chi connectivity index (χ0n) is 9.64. The van der Waals surface area contributed by atoms with Crippen LogP contribution in [-0.2, 0) is 12.6 Å². The van der Waals surface area contributed by atoms with Crippen molar-refractivity contribution in [1.29, 1.82) is 0 Å². The molecule has 0 saturated heterocycles. The SMILES string of the molecule is Cc1nc2c(C(F)(F)F)cccc2c2c1CCS2. The number of pyridine rings is 1. The third-order valence-electron chi connectivity index (χ3n) is 3.17. The van der Waals surface area contributed by atoms with Gasteiger partial charge in [-0.2, -0.15) is 13.2 Å². The van der Waals surface area contributed by atoms with Gasteiger partial charge in [-0.25, -0.2) is 0 Å². The van der Waals surface area contributed by atoms with Gasteiger partial charge in [0.1, 0.15) is 0 Å². The van der Waals surface area contributed by atoms with Gasteiger partial charge in [0, 0.05) is 21.7 Å². The highest BCUT2D eigenvalue weighted by molar-refractivity contribution is 7.99. The molecule has 1 aliphatic rings. The summed E-state index contributed by atoms with van der Waals surface area (Å²) < 4.78 is 38.9. The second-order valence-corrected chi connectivity index (χ2v) is 5.41. The van der Waals surface area contributed by atoms with E-state index in [0.29, 0.717) is 5.39 Å². The van der Waals surface area contributed by atoms with E-state index in [4.69, 9.17) is 0 Å². The molecule has 0 atom stereocenters. The molecule has 0 amide bonds. The van der Waals surface area contributed by atoms with E-state index < -0.39 is 11.7 Å². The Morgan fingerprint density at radius 3 is 2.78 bits per heavy atom. The summed E-state index contributed by atoms with van der Waals surface area (Å²) in [5.41, 5.74) is 1.26. The Morgan fingerprint density at radius 1 is 1.28 bits per heavy atom. The highest BCUT2D eigenvalue weighted by Gasteiger charge is 2.34. The molecule has 1 nitrogen and oxygen atoms in total. The standard InChI is InChI=1S/C13H10F3NS/c1-7-8-5-6-18-12(8)9-3-2-4-10(11(9)17-7)13(14,15)16/h2-4H,5-6H2,1H3. The summed E-state index contributed by atoms with van der Waals surface area (Å²) in [4.78, 5) is 5.16. The van der Waals surface area contributed by atoms with Crippen molar-refractivity contribution in [3.63, 3.8) is 0 Å². The van der Waals surface area contributed by atoms with Gasteiger partial charge in [0.25, 0.3) is 0 Å². The molecule has 3 rings (SSSR count). The van der Waals surface area contributed by atoms with Crippen molar-refractivity contribution in [3.8, 4) is 0 Å². The van der Waals surface area contributed by atoms with Crippen LogP contribution in [0, 0.1) is 6.92 Å². The Balaban J connectivity index is 2.40. The van der Waals surface area contributed by atoms with Crippen LogP contribution in [0.15, 0.2) is 23.1 Å². The third-order valence-corrected chi connectivity index (χ3v) is 4.34. The maximum absolute atomic E-state index is 13.0. The van der Waals surface area contributed by atoms with E-state index in [-0.39, 0.29) is 5.52 Å². The van der Waals surface area contributed by atoms with Crippen LogP contribution in [0.1, 0.15) is 16.8 Å². The van der Waals surface area contributed by atoms with Crippen LogP contribution in [0.5, 0.6) is 0 Å². The fourth-order valence-electron chi connectivity index (χ4n) is 2.35. The number of halogens is 3. The van der Waals surface area contributed by atoms with Gasteiger partial charge in [0.2, 0.25) is 0 Å². The first-order chi connectivity index (χ1) is 8.48. The summed E-state index contributed by atoms with van der Waals surface area (Å²) >= 11 is 1.62. The summed E-state index contributed by atoms with van der Waals surface area (Å²) in [6.07, 6.45) is -3.46. The van der Waals surface area contributed by atoms with Crippen molar-refractivity contribution in [2.24, 2.45) is 0 Å². The number of fused-ring (bicyclic) bond motifs is 3. The summed E-state index contributed by atoms with van der Waals surface area (Å²) in [5.74, 6) is 0.924. The number of aryl methyl sites for hydroxylation is 1. The number of aromatic nitrogens is 1. The van der Waals surface area contributed by atoms with Crippen molar-refractivity contribution in [1.82, 2.24) is 4.98 Å². The number of hydrogen-bond donors (Lipinski definition) is 0. The molecule has 2 aromatic rings. The molecule has 1 aliphatic heterocycles. The maximum Gasteiger partial charge on any atom is 0.418 e. The molecule has 18 heavy (non-hydrogen) atoms. The Kier molecular flexibility index (Phi) is 2.55. The van der Waals surface area contributed by atoms with Crippen LogP contribution in [0.2, 0.25) is 0 Å².